The van der Waals surface area contributed by atoms with Gasteiger partial charge >= 0.3 is 5.97 Å². The third-order valence-electron chi connectivity index (χ3n) is 6.18. The molecule has 0 bridgehead atoms. The van der Waals surface area contributed by atoms with E-state index in [0.29, 0.717) is 28.0 Å². The molecule has 26 heavy (non-hydrogen) atoms. The van der Waals surface area contributed by atoms with Gasteiger partial charge in [0.2, 0.25) is 0 Å². The van der Waals surface area contributed by atoms with Crippen LogP contribution < -0.4 is 0 Å². The fourth-order valence-electron chi connectivity index (χ4n) is 4.37. The summed E-state index contributed by atoms with van der Waals surface area (Å²) >= 11 is 6.35. The average molecular weight is 384 g/mol. The van der Waals surface area contributed by atoms with Crippen molar-refractivity contribution < 1.29 is 24.1 Å². The smallest absolute Gasteiger partial charge is 0.311 e. The van der Waals surface area contributed by atoms with Gasteiger partial charge in [0, 0.05) is 31.7 Å². The number of carbonyl (C=O) groups is 1. The second-order valence-corrected chi connectivity index (χ2v) is 8.50. The Morgan fingerprint density at radius 1 is 1.27 bits per heavy atom. The van der Waals surface area contributed by atoms with Crippen molar-refractivity contribution in [3.05, 3.63) is 22.1 Å². The molecular formula is C19H26ClNO5. The highest BCUT2D eigenvalue weighted by Crippen LogP contribution is 2.49. The van der Waals surface area contributed by atoms with Crippen molar-refractivity contribution in [2.45, 2.75) is 38.9 Å². The SMILES string of the molecule is CC1=C2OC(C)(C3CCN(CC4COC4)CC3)OC2=C(Cl)CC1C(=O)O. The minimum Gasteiger partial charge on any atom is -0.481 e. The normalized spacial score (nSPS) is 33.6. The summed E-state index contributed by atoms with van der Waals surface area (Å²) in [6.45, 7) is 8.67. The quantitative estimate of drug-likeness (QED) is 0.805. The molecule has 3 heterocycles. The van der Waals surface area contributed by atoms with Gasteiger partial charge in [0.15, 0.2) is 11.5 Å². The maximum atomic E-state index is 11.5. The summed E-state index contributed by atoms with van der Waals surface area (Å²) < 4.78 is 17.7. The van der Waals surface area contributed by atoms with Crippen LogP contribution in [-0.2, 0) is 19.0 Å². The first-order chi connectivity index (χ1) is 12.4. The van der Waals surface area contributed by atoms with Gasteiger partial charge in [-0.2, -0.15) is 0 Å². The number of nitrogens with zero attached hydrogens (tertiary/aromatic N) is 1. The van der Waals surface area contributed by atoms with Crippen LogP contribution in [0.25, 0.3) is 0 Å². The summed E-state index contributed by atoms with van der Waals surface area (Å²) in [5, 5.41) is 9.87. The summed E-state index contributed by atoms with van der Waals surface area (Å²) in [4.78, 5) is 14.0. The van der Waals surface area contributed by atoms with Gasteiger partial charge in [0.25, 0.3) is 5.79 Å². The van der Waals surface area contributed by atoms with Crippen molar-refractivity contribution in [2.24, 2.45) is 17.8 Å². The van der Waals surface area contributed by atoms with Gasteiger partial charge in [-0.3, -0.25) is 4.79 Å². The molecule has 3 aliphatic heterocycles. The van der Waals surface area contributed by atoms with Crippen LogP contribution in [0.15, 0.2) is 22.1 Å². The summed E-state index contributed by atoms with van der Waals surface area (Å²) in [6.07, 6.45) is 2.25. The molecule has 3 fully saturated rings. The van der Waals surface area contributed by atoms with Gasteiger partial charge in [-0.25, -0.2) is 0 Å². The second-order valence-electron chi connectivity index (χ2n) is 8.04. The van der Waals surface area contributed by atoms with Crippen LogP contribution in [0.4, 0.5) is 0 Å². The van der Waals surface area contributed by atoms with Crippen LogP contribution in [0.2, 0.25) is 0 Å². The van der Waals surface area contributed by atoms with Gasteiger partial charge in [-0.1, -0.05) is 11.6 Å². The molecule has 0 radical (unpaired) electrons. The maximum absolute atomic E-state index is 11.5. The first-order valence-corrected chi connectivity index (χ1v) is 9.76. The van der Waals surface area contributed by atoms with Crippen molar-refractivity contribution in [3.8, 4) is 0 Å². The largest absolute Gasteiger partial charge is 0.481 e. The van der Waals surface area contributed by atoms with Crippen molar-refractivity contribution in [1.82, 2.24) is 4.90 Å². The highest BCUT2D eigenvalue weighted by atomic mass is 35.5. The van der Waals surface area contributed by atoms with Crippen LogP contribution in [0.1, 0.15) is 33.1 Å². The minimum absolute atomic E-state index is 0.252. The number of ether oxygens (including phenoxy) is 3. The Labute approximate surface area is 158 Å². The Bertz CT molecular complexity index is 663. The molecule has 0 aromatic heterocycles. The van der Waals surface area contributed by atoms with Crippen LogP contribution in [0, 0.1) is 17.8 Å². The van der Waals surface area contributed by atoms with E-state index in [9.17, 15) is 9.90 Å². The summed E-state index contributed by atoms with van der Waals surface area (Å²) in [7, 11) is 0. The molecule has 2 atom stereocenters. The minimum atomic E-state index is -0.877. The first kappa shape index (κ1) is 18.1. The lowest BCUT2D eigenvalue weighted by atomic mass is 9.88. The molecule has 0 aromatic rings. The second kappa shape index (κ2) is 6.73. The summed E-state index contributed by atoms with van der Waals surface area (Å²) in [6, 6.07) is 0. The van der Waals surface area contributed by atoms with Crippen molar-refractivity contribution in [1.29, 1.82) is 0 Å². The van der Waals surface area contributed by atoms with E-state index in [1.165, 1.54) is 0 Å². The zero-order valence-corrected chi connectivity index (χ0v) is 16.1. The molecule has 0 aromatic carbocycles. The molecule has 144 valence electrons. The molecular weight excluding hydrogens is 358 g/mol. The number of halogens is 1. The van der Waals surface area contributed by atoms with E-state index < -0.39 is 17.7 Å². The Hall–Kier alpha value is -1.24. The lowest BCUT2D eigenvalue weighted by molar-refractivity contribution is -0.175. The first-order valence-electron chi connectivity index (χ1n) is 9.38. The van der Waals surface area contributed by atoms with E-state index in [-0.39, 0.29) is 12.3 Å². The predicted molar refractivity (Wildman–Crippen MR) is 95.4 cm³/mol. The standard InChI is InChI=1S/C19H26ClNO5/c1-11-14(18(22)23)7-15(20)17-16(11)25-19(2,26-17)13-3-5-21(6-4-13)8-12-9-24-10-12/h12-14H,3-10H2,1-2H3,(H,22,23). The summed E-state index contributed by atoms with van der Waals surface area (Å²) in [5.74, 6) is -0.290. The van der Waals surface area contributed by atoms with Crippen LogP contribution in [-0.4, -0.2) is 54.6 Å². The Morgan fingerprint density at radius 2 is 1.92 bits per heavy atom. The molecule has 2 unspecified atom stereocenters. The Morgan fingerprint density at radius 3 is 2.50 bits per heavy atom. The van der Waals surface area contributed by atoms with E-state index >= 15 is 0 Å². The van der Waals surface area contributed by atoms with E-state index in [4.69, 9.17) is 25.8 Å². The molecule has 4 aliphatic rings. The monoisotopic (exact) mass is 383 g/mol. The number of fused-ring (bicyclic) bond motifs is 1. The highest BCUT2D eigenvalue weighted by molar-refractivity contribution is 6.30. The zero-order valence-electron chi connectivity index (χ0n) is 15.3. The number of hydrogen-bond acceptors (Lipinski definition) is 5. The number of hydrogen-bond donors (Lipinski definition) is 1. The van der Waals surface area contributed by atoms with Crippen molar-refractivity contribution in [3.63, 3.8) is 0 Å². The maximum Gasteiger partial charge on any atom is 0.311 e. The molecule has 4 rings (SSSR count). The number of allylic oxidation sites excluding steroid dienone is 1. The third-order valence-corrected chi connectivity index (χ3v) is 6.50. The van der Waals surface area contributed by atoms with Gasteiger partial charge in [-0.15, -0.1) is 0 Å². The zero-order chi connectivity index (χ0) is 18.5. The van der Waals surface area contributed by atoms with Gasteiger partial charge < -0.3 is 24.2 Å². The number of aliphatic carboxylic acids is 1. The van der Waals surface area contributed by atoms with E-state index in [0.717, 1.165) is 45.7 Å². The molecule has 1 N–H and O–H groups in total. The lowest BCUT2D eigenvalue weighted by Gasteiger charge is -2.40. The van der Waals surface area contributed by atoms with Crippen LogP contribution in [0.3, 0.4) is 0 Å². The van der Waals surface area contributed by atoms with E-state index in [1.807, 2.05) is 6.92 Å². The number of likely N-dealkylation sites (tertiary alicyclic amines) is 1. The highest BCUT2D eigenvalue weighted by Gasteiger charge is 2.50. The topological polar surface area (TPSA) is 68.2 Å². The van der Waals surface area contributed by atoms with Crippen LogP contribution >= 0.6 is 11.6 Å². The number of rotatable bonds is 4. The van der Waals surface area contributed by atoms with E-state index in [2.05, 4.69) is 4.90 Å². The van der Waals surface area contributed by atoms with Crippen molar-refractivity contribution in [2.75, 3.05) is 32.8 Å². The Balaban J connectivity index is 1.45. The average Bonchev–Trinajstić information content (AvgIpc) is 2.94. The fourth-order valence-corrected chi connectivity index (χ4v) is 4.65. The van der Waals surface area contributed by atoms with Gasteiger partial charge in [-0.05, 0) is 38.4 Å². The fraction of sp³-hybridized carbons (Fsp3) is 0.737. The van der Waals surface area contributed by atoms with Crippen molar-refractivity contribution >= 4 is 17.6 Å². The van der Waals surface area contributed by atoms with Crippen LogP contribution in [0.5, 0.6) is 0 Å². The number of piperidine rings is 1. The van der Waals surface area contributed by atoms with E-state index in [1.54, 1.807) is 6.92 Å². The molecule has 3 saturated heterocycles. The molecule has 0 saturated carbocycles. The molecule has 0 spiro atoms. The Kier molecular flexibility index (Phi) is 4.70. The molecule has 0 amide bonds. The summed E-state index contributed by atoms with van der Waals surface area (Å²) in [5.41, 5.74) is 0.697. The lowest BCUT2D eigenvalue weighted by Crippen LogP contribution is -2.47. The number of carboxylic acids is 1. The van der Waals surface area contributed by atoms with Gasteiger partial charge in [0.1, 0.15) is 0 Å². The molecule has 7 heteroatoms. The third kappa shape index (κ3) is 3.12. The van der Waals surface area contributed by atoms with Gasteiger partial charge in [0.05, 0.1) is 24.2 Å². The number of carboxylic acid groups (broad SMARTS) is 1. The molecule has 1 aliphatic carbocycles. The molecule has 6 nitrogen and oxygen atoms in total. The predicted octanol–water partition coefficient (Wildman–Crippen LogP) is 2.94.